The second-order valence-corrected chi connectivity index (χ2v) is 8.35. The molecule has 0 spiro atoms. The number of fused-ring (bicyclic) bond motifs is 5. The van der Waals surface area contributed by atoms with Gasteiger partial charge in [-0.25, -0.2) is 0 Å². The predicted molar refractivity (Wildman–Crippen MR) is 78.1 cm³/mol. The molecule has 0 aromatic rings. The highest BCUT2D eigenvalue weighted by Gasteiger charge is 2.56. The van der Waals surface area contributed by atoms with Crippen LogP contribution in [-0.2, 0) is 4.79 Å². The highest BCUT2D eigenvalue weighted by molar-refractivity contribution is 5.79. The van der Waals surface area contributed by atoms with Crippen molar-refractivity contribution in [2.24, 2.45) is 35.0 Å². The second-order valence-electron chi connectivity index (χ2n) is 8.35. The van der Waals surface area contributed by atoms with E-state index in [2.05, 4.69) is 6.92 Å². The molecule has 0 bridgehead atoms. The molecule has 2 nitrogen and oxygen atoms in total. The molecule has 4 saturated carbocycles. The summed E-state index contributed by atoms with van der Waals surface area (Å²) in [5.41, 5.74) is 0.207. The summed E-state index contributed by atoms with van der Waals surface area (Å²) in [6, 6.07) is 0. The Morgan fingerprint density at radius 2 is 1.85 bits per heavy atom. The number of hydrogen-bond donors (Lipinski definition) is 1. The quantitative estimate of drug-likeness (QED) is 0.734. The fourth-order valence-corrected chi connectivity index (χ4v) is 6.63. The summed E-state index contributed by atoms with van der Waals surface area (Å²) >= 11 is 0. The number of ketones is 1. The summed E-state index contributed by atoms with van der Waals surface area (Å²) in [6.45, 7) is 2.35. The minimum atomic E-state index is -0.0564. The molecule has 0 radical (unpaired) electrons. The van der Waals surface area contributed by atoms with Crippen LogP contribution in [0.4, 0.5) is 0 Å². The molecular weight excluding hydrogens is 248 g/mol. The maximum absolute atomic E-state index is 11.7. The van der Waals surface area contributed by atoms with Gasteiger partial charge in [-0.3, -0.25) is 4.79 Å². The molecule has 4 fully saturated rings. The minimum absolute atomic E-state index is 0.0564. The van der Waals surface area contributed by atoms with Gasteiger partial charge in [0.05, 0.1) is 6.10 Å². The van der Waals surface area contributed by atoms with Gasteiger partial charge in [0.25, 0.3) is 0 Å². The van der Waals surface area contributed by atoms with Gasteiger partial charge in [-0.2, -0.15) is 0 Å². The SMILES string of the molecule is C[C@]12CC[C@H]3[C@@H](CC[C@H]4CC(=O)CC[C@@H]43)[C@@H]1CCC2O. The molecule has 1 unspecified atom stereocenters. The van der Waals surface area contributed by atoms with Gasteiger partial charge in [0.1, 0.15) is 5.78 Å². The fraction of sp³-hybridized carbons (Fsp3) is 0.944. The summed E-state index contributed by atoms with van der Waals surface area (Å²) in [6.07, 6.45) is 10.2. The Morgan fingerprint density at radius 1 is 1.00 bits per heavy atom. The zero-order chi connectivity index (χ0) is 13.9. The minimum Gasteiger partial charge on any atom is -0.393 e. The van der Waals surface area contributed by atoms with Gasteiger partial charge in [0, 0.05) is 12.8 Å². The van der Waals surface area contributed by atoms with E-state index < -0.39 is 0 Å². The average molecular weight is 276 g/mol. The van der Waals surface area contributed by atoms with Gasteiger partial charge in [-0.15, -0.1) is 0 Å². The molecule has 4 rings (SSSR count). The average Bonchev–Trinajstić information content (AvgIpc) is 2.74. The second kappa shape index (κ2) is 4.56. The first-order valence-electron chi connectivity index (χ1n) is 8.79. The number of carbonyl (C=O) groups excluding carboxylic acids is 1. The molecule has 0 amide bonds. The van der Waals surface area contributed by atoms with E-state index >= 15 is 0 Å². The third-order valence-corrected chi connectivity index (χ3v) is 7.72. The Balaban J connectivity index is 1.58. The molecule has 0 aliphatic heterocycles. The van der Waals surface area contributed by atoms with Crippen LogP contribution in [0.1, 0.15) is 64.7 Å². The van der Waals surface area contributed by atoms with Crippen LogP contribution in [0.25, 0.3) is 0 Å². The van der Waals surface area contributed by atoms with Gasteiger partial charge < -0.3 is 5.11 Å². The van der Waals surface area contributed by atoms with Crippen molar-refractivity contribution in [2.75, 3.05) is 0 Å². The first kappa shape index (κ1) is 13.3. The van der Waals surface area contributed by atoms with Gasteiger partial charge in [0.2, 0.25) is 0 Å². The van der Waals surface area contributed by atoms with Gasteiger partial charge >= 0.3 is 0 Å². The third-order valence-electron chi connectivity index (χ3n) is 7.72. The number of hydrogen-bond acceptors (Lipinski definition) is 2. The molecule has 0 saturated heterocycles. The van der Waals surface area contributed by atoms with Crippen molar-refractivity contribution in [2.45, 2.75) is 70.8 Å². The molecule has 112 valence electrons. The largest absolute Gasteiger partial charge is 0.393 e. The molecular formula is C18H28O2. The van der Waals surface area contributed by atoms with Crippen LogP contribution in [0.15, 0.2) is 0 Å². The maximum atomic E-state index is 11.7. The zero-order valence-corrected chi connectivity index (χ0v) is 12.7. The summed E-state index contributed by atoms with van der Waals surface area (Å²) in [5.74, 6) is 4.52. The van der Waals surface area contributed by atoms with Crippen molar-refractivity contribution in [3.05, 3.63) is 0 Å². The number of carbonyl (C=O) groups is 1. The maximum Gasteiger partial charge on any atom is 0.133 e. The Hall–Kier alpha value is -0.370. The van der Waals surface area contributed by atoms with Gasteiger partial charge in [0.15, 0.2) is 0 Å². The van der Waals surface area contributed by atoms with E-state index in [-0.39, 0.29) is 11.5 Å². The molecule has 2 heteroatoms. The van der Waals surface area contributed by atoms with Crippen molar-refractivity contribution in [1.82, 2.24) is 0 Å². The van der Waals surface area contributed by atoms with E-state index in [9.17, 15) is 9.90 Å². The highest BCUT2D eigenvalue weighted by atomic mass is 16.3. The molecule has 0 aromatic carbocycles. The fourth-order valence-electron chi connectivity index (χ4n) is 6.63. The topological polar surface area (TPSA) is 37.3 Å². The van der Waals surface area contributed by atoms with Crippen LogP contribution >= 0.6 is 0 Å². The summed E-state index contributed by atoms with van der Waals surface area (Å²) in [5, 5.41) is 10.4. The molecule has 4 aliphatic rings. The number of rotatable bonds is 0. The van der Waals surface area contributed by atoms with E-state index in [1.54, 1.807) is 0 Å². The molecule has 1 N–H and O–H groups in total. The van der Waals surface area contributed by atoms with Gasteiger partial charge in [-0.05, 0) is 80.0 Å². The van der Waals surface area contributed by atoms with Crippen LogP contribution < -0.4 is 0 Å². The lowest BCUT2D eigenvalue weighted by Crippen LogP contribution is -2.49. The Labute approximate surface area is 122 Å². The van der Waals surface area contributed by atoms with E-state index in [1.165, 1.54) is 32.1 Å². The Bertz CT molecular complexity index is 418. The van der Waals surface area contributed by atoms with E-state index in [0.29, 0.717) is 11.7 Å². The van der Waals surface area contributed by atoms with Crippen LogP contribution in [-0.4, -0.2) is 17.0 Å². The van der Waals surface area contributed by atoms with Crippen molar-refractivity contribution in [3.8, 4) is 0 Å². The number of Topliss-reactive ketones (excluding diaryl/α,β-unsaturated/α-hetero) is 1. The van der Waals surface area contributed by atoms with Crippen LogP contribution in [0.2, 0.25) is 0 Å². The van der Waals surface area contributed by atoms with Crippen LogP contribution in [0, 0.1) is 35.0 Å². The monoisotopic (exact) mass is 276 g/mol. The smallest absolute Gasteiger partial charge is 0.133 e. The number of aliphatic hydroxyl groups is 1. The van der Waals surface area contributed by atoms with Gasteiger partial charge in [-0.1, -0.05) is 6.92 Å². The molecule has 4 aliphatic carbocycles. The lowest BCUT2D eigenvalue weighted by atomic mass is 9.50. The highest BCUT2D eigenvalue weighted by Crippen LogP contribution is 2.62. The standard InChI is InChI=1S/C18H28O2/c1-18-9-8-14-13-5-3-12(19)10-11(13)2-4-15(14)16(18)6-7-17(18)20/h11,13-17,20H,2-10H2,1H3/t11-,13-,14+,15+,16-,17?,18-/m0/s1. The first-order chi connectivity index (χ1) is 9.59. The molecule has 7 atom stereocenters. The Kier molecular flexibility index (Phi) is 3.03. The van der Waals surface area contributed by atoms with E-state index in [1.807, 2.05) is 0 Å². The lowest BCUT2D eigenvalue weighted by molar-refractivity contribution is -0.128. The van der Waals surface area contributed by atoms with Crippen molar-refractivity contribution >= 4 is 5.78 Å². The van der Waals surface area contributed by atoms with Crippen molar-refractivity contribution in [1.29, 1.82) is 0 Å². The molecule has 20 heavy (non-hydrogen) atoms. The van der Waals surface area contributed by atoms with Crippen molar-refractivity contribution < 1.29 is 9.90 Å². The summed E-state index contributed by atoms with van der Waals surface area (Å²) < 4.78 is 0. The van der Waals surface area contributed by atoms with Crippen LogP contribution in [0.3, 0.4) is 0 Å². The lowest BCUT2D eigenvalue weighted by Gasteiger charge is -2.55. The van der Waals surface area contributed by atoms with Crippen molar-refractivity contribution in [3.63, 3.8) is 0 Å². The normalized spacial score (nSPS) is 55.0. The summed E-state index contributed by atoms with van der Waals surface area (Å²) in [7, 11) is 0. The number of aliphatic hydroxyl groups excluding tert-OH is 1. The van der Waals surface area contributed by atoms with E-state index in [0.717, 1.165) is 49.4 Å². The zero-order valence-electron chi connectivity index (χ0n) is 12.7. The first-order valence-corrected chi connectivity index (χ1v) is 8.79. The summed E-state index contributed by atoms with van der Waals surface area (Å²) in [4.78, 5) is 11.7. The van der Waals surface area contributed by atoms with E-state index in [4.69, 9.17) is 0 Å². The predicted octanol–water partition coefficient (Wildman–Crippen LogP) is 3.57. The van der Waals surface area contributed by atoms with Crippen LogP contribution in [0.5, 0.6) is 0 Å². The molecule has 0 heterocycles. The third kappa shape index (κ3) is 1.76. The molecule has 0 aromatic heterocycles. The Morgan fingerprint density at radius 3 is 2.70 bits per heavy atom.